The monoisotopic (exact) mass is 635 g/mol. The van der Waals surface area contributed by atoms with Crippen LogP contribution < -0.4 is 0 Å². The fourth-order valence-electron chi connectivity index (χ4n) is 8.48. The van der Waals surface area contributed by atoms with E-state index in [-0.39, 0.29) is 17.1 Å². The average molecular weight is 636 g/mol. The van der Waals surface area contributed by atoms with Crippen molar-refractivity contribution in [3.63, 3.8) is 0 Å². The van der Waals surface area contributed by atoms with Crippen LogP contribution in [0.3, 0.4) is 0 Å². The molecule has 242 valence electrons. The zero-order valence-electron chi connectivity index (χ0n) is 27.7. The Balaban J connectivity index is 1.33. The van der Waals surface area contributed by atoms with Crippen LogP contribution in [0.25, 0.3) is 17.3 Å². The number of allylic oxidation sites excluding steroid dienone is 1. The molecule has 0 radical (unpaired) electrons. The molecule has 0 bridgehead atoms. The summed E-state index contributed by atoms with van der Waals surface area (Å²) >= 11 is 0. The molecule has 2 heterocycles. The molecule has 1 amide bonds. The standard InChI is InChI=1S/C42H41N3O3/c1-40(2,3)37-35(38(46)41(37)23-25-44(26-24-41)39(47)48)27-30-15-13-14-22-34(30)36-28-45(29-43-36)42(31-16-7-4-8-17-31,32-18-9-5-10-19-32)33-20-11-6-12-21-33/h4-22,27-29,37H,23-26H2,1-3H3,(H,47,48)/b35-27+. The van der Waals surface area contributed by atoms with E-state index in [2.05, 4.69) is 123 Å². The van der Waals surface area contributed by atoms with Crippen LogP contribution >= 0.6 is 0 Å². The van der Waals surface area contributed by atoms with E-state index in [1.165, 1.54) is 4.90 Å². The predicted molar refractivity (Wildman–Crippen MR) is 189 cm³/mol. The Bertz CT molecular complexity index is 1870. The molecule has 5 aromatic rings. The van der Waals surface area contributed by atoms with Gasteiger partial charge in [0.25, 0.3) is 0 Å². The van der Waals surface area contributed by atoms with Crippen LogP contribution in [0.1, 0.15) is 55.9 Å². The summed E-state index contributed by atoms with van der Waals surface area (Å²) in [4.78, 5) is 32.2. The second-order valence-corrected chi connectivity index (χ2v) is 14.2. The molecule has 4 aromatic carbocycles. The largest absolute Gasteiger partial charge is 0.465 e. The van der Waals surface area contributed by atoms with Gasteiger partial charge in [-0.3, -0.25) is 4.79 Å². The van der Waals surface area contributed by atoms with Crippen molar-refractivity contribution < 1.29 is 14.7 Å². The van der Waals surface area contributed by atoms with Crippen molar-refractivity contribution in [2.45, 2.75) is 39.2 Å². The van der Waals surface area contributed by atoms with Crippen molar-refractivity contribution in [2.24, 2.45) is 16.7 Å². The summed E-state index contributed by atoms with van der Waals surface area (Å²) in [6, 6.07) is 39.8. The summed E-state index contributed by atoms with van der Waals surface area (Å²) in [5.74, 6) is 0.185. The Kier molecular flexibility index (Phi) is 7.90. The molecule has 6 heteroatoms. The molecule has 1 spiro atoms. The van der Waals surface area contributed by atoms with Crippen molar-refractivity contribution in [1.29, 1.82) is 0 Å². The minimum Gasteiger partial charge on any atom is -0.465 e. The van der Waals surface area contributed by atoms with Crippen LogP contribution in [0, 0.1) is 16.7 Å². The molecule has 1 aromatic heterocycles. The molecule has 1 saturated heterocycles. The van der Waals surface area contributed by atoms with Crippen LogP contribution in [-0.4, -0.2) is 44.5 Å². The molecular weight excluding hydrogens is 594 g/mol. The van der Waals surface area contributed by atoms with Crippen molar-refractivity contribution >= 4 is 18.0 Å². The molecule has 1 unspecified atom stereocenters. The van der Waals surface area contributed by atoms with E-state index in [9.17, 15) is 14.7 Å². The summed E-state index contributed by atoms with van der Waals surface area (Å²) in [5.41, 5.74) is 5.54. The lowest BCUT2D eigenvalue weighted by atomic mass is 9.45. The minimum atomic E-state index is -0.913. The molecule has 48 heavy (non-hydrogen) atoms. The third kappa shape index (κ3) is 5.07. The maximum Gasteiger partial charge on any atom is 0.407 e. The van der Waals surface area contributed by atoms with E-state index in [4.69, 9.17) is 4.98 Å². The van der Waals surface area contributed by atoms with Gasteiger partial charge in [-0.1, -0.05) is 136 Å². The van der Waals surface area contributed by atoms with Crippen molar-refractivity contribution in [3.8, 4) is 11.3 Å². The number of imidazole rings is 1. The number of rotatable bonds is 6. The number of nitrogens with zero attached hydrogens (tertiary/aromatic N) is 3. The number of piperidine rings is 1. The zero-order chi connectivity index (χ0) is 33.5. The van der Waals surface area contributed by atoms with E-state index in [0.29, 0.717) is 25.9 Å². The van der Waals surface area contributed by atoms with Gasteiger partial charge >= 0.3 is 6.09 Å². The van der Waals surface area contributed by atoms with Crippen LogP contribution in [0.15, 0.2) is 133 Å². The smallest absolute Gasteiger partial charge is 0.407 e. The normalized spacial score (nSPS) is 18.6. The summed E-state index contributed by atoms with van der Waals surface area (Å²) in [5, 5.41) is 9.54. The third-order valence-corrected chi connectivity index (χ3v) is 10.5. The van der Waals surface area contributed by atoms with E-state index in [1.807, 2.05) is 36.7 Å². The highest BCUT2D eigenvalue weighted by Gasteiger charge is 2.62. The Morgan fingerprint density at radius 2 is 1.29 bits per heavy atom. The van der Waals surface area contributed by atoms with Gasteiger partial charge in [-0.15, -0.1) is 0 Å². The zero-order valence-corrected chi connectivity index (χ0v) is 27.7. The molecule has 1 atom stereocenters. The highest BCUT2D eigenvalue weighted by atomic mass is 16.4. The van der Waals surface area contributed by atoms with Gasteiger partial charge < -0.3 is 14.6 Å². The summed E-state index contributed by atoms with van der Waals surface area (Å²) in [6.45, 7) is 7.34. The first-order valence-electron chi connectivity index (χ1n) is 16.7. The van der Waals surface area contributed by atoms with Gasteiger partial charge in [0.2, 0.25) is 0 Å². The molecule has 1 aliphatic carbocycles. The summed E-state index contributed by atoms with van der Waals surface area (Å²) in [7, 11) is 0. The van der Waals surface area contributed by atoms with Gasteiger partial charge in [0.1, 0.15) is 5.54 Å². The summed E-state index contributed by atoms with van der Waals surface area (Å²) in [6.07, 6.45) is 6.32. The highest BCUT2D eigenvalue weighted by molar-refractivity contribution is 6.12. The molecule has 7 rings (SSSR count). The number of amides is 1. The maximum absolute atomic E-state index is 14.1. The Morgan fingerprint density at radius 3 is 1.79 bits per heavy atom. The number of carbonyl (C=O) groups excluding carboxylic acids is 1. The molecule has 2 fully saturated rings. The average Bonchev–Trinajstić information content (AvgIpc) is 3.60. The maximum atomic E-state index is 14.1. The number of aromatic nitrogens is 2. The van der Waals surface area contributed by atoms with Gasteiger partial charge in [-0.25, -0.2) is 9.78 Å². The first-order valence-corrected chi connectivity index (χ1v) is 16.7. The number of benzene rings is 4. The second-order valence-electron chi connectivity index (χ2n) is 14.2. The lowest BCUT2D eigenvalue weighted by Gasteiger charge is -2.58. The van der Waals surface area contributed by atoms with E-state index < -0.39 is 17.0 Å². The first kappa shape index (κ1) is 31.4. The highest BCUT2D eigenvalue weighted by Crippen LogP contribution is 2.61. The predicted octanol–water partition coefficient (Wildman–Crippen LogP) is 8.78. The van der Waals surface area contributed by atoms with Crippen LogP contribution in [-0.2, 0) is 10.3 Å². The van der Waals surface area contributed by atoms with Crippen LogP contribution in [0.4, 0.5) is 4.79 Å². The molecule has 1 aliphatic heterocycles. The topological polar surface area (TPSA) is 75.4 Å². The van der Waals surface area contributed by atoms with Gasteiger partial charge in [-0.2, -0.15) is 0 Å². The van der Waals surface area contributed by atoms with Gasteiger partial charge in [-0.05, 0) is 46.6 Å². The number of ketones is 1. The molecule has 6 nitrogen and oxygen atoms in total. The second kappa shape index (κ2) is 12.1. The Labute approximate surface area is 282 Å². The molecule has 2 aliphatic rings. The van der Waals surface area contributed by atoms with E-state index >= 15 is 0 Å². The third-order valence-electron chi connectivity index (χ3n) is 10.5. The van der Waals surface area contributed by atoms with Gasteiger partial charge in [0.15, 0.2) is 5.78 Å². The van der Waals surface area contributed by atoms with E-state index in [0.717, 1.165) is 39.1 Å². The SMILES string of the molecule is CC(C)(C)C1/C(=C\c2ccccc2-c2cn(C(c3ccccc3)(c3ccccc3)c3ccccc3)cn2)C(=O)C12CCN(C(=O)O)CC2. The number of Topliss-reactive ketones (excluding diaryl/α,β-unsaturated/α-hetero) is 1. The number of carboxylic acid groups (broad SMARTS) is 1. The van der Waals surface area contributed by atoms with Crippen molar-refractivity contribution in [3.05, 3.63) is 156 Å². The Morgan fingerprint density at radius 1 is 0.792 bits per heavy atom. The Hall–Kier alpha value is -5.23. The molecule has 1 N–H and O–H groups in total. The number of likely N-dealkylation sites (tertiary alicyclic amines) is 1. The van der Waals surface area contributed by atoms with E-state index in [1.54, 1.807) is 0 Å². The number of hydrogen-bond donors (Lipinski definition) is 1. The van der Waals surface area contributed by atoms with Crippen molar-refractivity contribution in [1.82, 2.24) is 14.5 Å². The minimum absolute atomic E-state index is 0.0287. The van der Waals surface area contributed by atoms with Gasteiger partial charge in [0, 0.05) is 41.8 Å². The number of hydrogen-bond acceptors (Lipinski definition) is 3. The van der Waals surface area contributed by atoms with Crippen LogP contribution in [0.2, 0.25) is 0 Å². The summed E-state index contributed by atoms with van der Waals surface area (Å²) < 4.78 is 2.21. The molecular formula is C42H41N3O3. The fraction of sp³-hybridized carbons (Fsp3) is 0.262. The fourth-order valence-corrected chi connectivity index (χ4v) is 8.48. The lowest BCUT2D eigenvalue weighted by molar-refractivity contribution is -0.146. The lowest BCUT2D eigenvalue weighted by Crippen LogP contribution is -2.61. The first-order chi connectivity index (χ1) is 23.2. The number of carbonyl (C=O) groups is 2. The quantitative estimate of drug-likeness (QED) is 0.150. The molecule has 1 saturated carbocycles. The van der Waals surface area contributed by atoms with Crippen molar-refractivity contribution in [2.75, 3.05) is 13.1 Å². The van der Waals surface area contributed by atoms with Gasteiger partial charge in [0.05, 0.1) is 12.0 Å². The van der Waals surface area contributed by atoms with Crippen LogP contribution in [0.5, 0.6) is 0 Å².